The monoisotopic (exact) mass is 253 g/mol. The Balaban J connectivity index is 2.02. The molecule has 0 saturated heterocycles. The van der Waals surface area contributed by atoms with E-state index >= 15 is 0 Å². The van der Waals surface area contributed by atoms with Crippen molar-refractivity contribution in [2.75, 3.05) is 13.6 Å². The van der Waals surface area contributed by atoms with Crippen LogP contribution in [0.2, 0.25) is 0 Å². The van der Waals surface area contributed by atoms with Gasteiger partial charge in [0, 0.05) is 6.54 Å². The van der Waals surface area contributed by atoms with E-state index < -0.39 is 0 Å². The Bertz CT molecular complexity index is 283. The van der Waals surface area contributed by atoms with Crippen molar-refractivity contribution in [3.05, 3.63) is 0 Å². The molecular weight excluding hydrogens is 222 g/mol. The Morgan fingerprint density at radius 3 is 2.50 bits per heavy atom. The third-order valence-electron chi connectivity index (χ3n) is 6.11. The lowest BCUT2D eigenvalue weighted by molar-refractivity contribution is -0.0872. The molecule has 4 atom stereocenters. The van der Waals surface area contributed by atoms with Crippen LogP contribution in [0.3, 0.4) is 0 Å². The Kier molecular flexibility index (Phi) is 4.08. The second-order valence-corrected chi connectivity index (χ2v) is 7.20. The molecule has 0 heterocycles. The lowest BCUT2D eigenvalue weighted by Gasteiger charge is -2.40. The van der Waals surface area contributed by atoms with Gasteiger partial charge in [-0.3, -0.25) is 0 Å². The number of likely N-dealkylation sites (N-methyl/N-ethyl adjacent to an activating group) is 1. The predicted octanol–water partition coefficient (Wildman–Crippen LogP) is 3.61. The number of fused-ring (bicyclic) bond motifs is 2. The summed E-state index contributed by atoms with van der Waals surface area (Å²) in [4.78, 5) is 0. The van der Waals surface area contributed by atoms with Crippen molar-refractivity contribution in [3.63, 3.8) is 0 Å². The van der Waals surface area contributed by atoms with Crippen molar-refractivity contribution >= 4 is 0 Å². The number of hydrogen-bond donors (Lipinski definition) is 1. The van der Waals surface area contributed by atoms with Gasteiger partial charge >= 0.3 is 0 Å². The fraction of sp³-hybridized carbons (Fsp3) is 1.00. The first kappa shape index (κ1) is 14.3. The van der Waals surface area contributed by atoms with Crippen LogP contribution in [-0.2, 0) is 4.74 Å². The molecule has 0 amide bonds. The highest BCUT2D eigenvalue weighted by Gasteiger charge is 2.62. The molecule has 0 aromatic heterocycles. The predicted molar refractivity (Wildman–Crippen MR) is 76.7 cm³/mol. The SMILES string of the molecule is CCCC(CNC)OC1CC2CCC1(C)C2(C)C. The minimum atomic E-state index is 0.400. The van der Waals surface area contributed by atoms with E-state index in [1.165, 1.54) is 32.1 Å². The summed E-state index contributed by atoms with van der Waals surface area (Å²) in [6.07, 6.45) is 7.32. The van der Waals surface area contributed by atoms with Crippen LogP contribution in [0.4, 0.5) is 0 Å². The average molecular weight is 253 g/mol. The first-order valence-electron chi connectivity index (χ1n) is 7.75. The van der Waals surface area contributed by atoms with Crippen molar-refractivity contribution in [1.29, 1.82) is 0 Å². The van der Waals surface area contributed by atoms with Crippen LogP contribution in [0.1, 0.15) is 59.8 Å². The van der Waals surface area contributed by atoms with E-state index in [0.717, 1.165) is 12.5 Å². The van der Waals surface area contributed by atoms with E-state index in [9.17, 15) is 0 Å². The molecule has 0 aromatic rings. The maximum atomic E-state index is 6.50. The lowest BCUT2D eigenvalue weighted by Crippen LogP contribution is -2.41. The Morgan fingerprint density at radius 2 is 2.06 bits per heavy atom. The van der Waals surface area contributed by atoms with E-state index in [-0.39, 0.29) is 0 Å². The molecule has 18 heavy (non-hydrogen) atoms. The first-order valence-corrected chi connectivity index (χ1v) is 7.75. The highest BCUT2D eigenvalue weighted by molar-refractivity contribution is 5.11. The van der Waals surface area contributed by atoms with Crippen LogP contribution < -0.4 is 5.32 Å². The summed E-state index contributed by atoms with van der Waals surface area (Å²) in [7, 11) is 2.03. The van der Waals surface area contributed by atoms with Gasteiger partial charge in [0.25, 0.3) is 0 Å². The van der Waals surface area contributed by atoms with Gasteiger partial charge in [-0.1, -0.05) is 34.1 Å². The van der Waals surface area contributed by atoms with Gasteiger partial charge in [0.2, 0.25) is 0 Å². The third-order valence-corrected chi connectivity index (χ3v) is 6.11. The van der Waals surface area contributed by atoms with Gasteiger partial charge in [0.15, 0.2) is 0 Å². The van der Waals surface area contributed by atoms with Crippen LogP contribution in [0.15, 0.2) is 0 Å². The number of nitrogens with one attached hydrogen (secondary N) is 1. The van der Waals surface area contributed by atoms with E-state index in [0.29, 0.717) is 23.0 Å². The smallest absolute Gasteiger partial charge is 0.0703 e. The fourth-order valence-corrected chi connectivity index (χ4v) is 4.34. The molecule has 2 bridgehead atoms. The van der Waals surface area contributed by atoms with E-state index in [1.807, 2.05) is 7.05 Å². The maximum Gasteiger partial charge on any atom is 0.0703 e. The van der Waals surface area contributed by atoms with Crippen molar-refractivity contribution in [2.45, 2.75) is 72.0 Å². The third kappa shape index (κ3) is 2.12. The van der Waals surface area contributed by atoms with Crippen molar-refractivity contribution in [2.24, 2.45) is 16.7 Å². The lowest BCUT2D eigenvalue weighted by atomic mass is 9.70. The van der Waals surface area contributed by atoms with Gasteiger partial charge in [0.1, 0.15) is 0 Å². The van der Waals surface area contributed by atoms with Crippen LogP contribution in [0, 0.1) is 16.7 Å². The Morgan fingerprint density at radius 1 is 1.33 bits per heavy atom. The minimum absolute atomic E-state index is 0.400. The molecule has 4 unspecified atom stereocenters. The zero-order valence-corrected chi connectivity index (χ0v) is 12.9. The Labute approximate surface area is 113 Å². The van der Waals surface area contributed by atoms with Crippen molar-refractivity contribution < 1.29 is 4.74 Å². The molecule has 106 valence electrons. The highest BCUT2D eigenvalue weighted by atomic mass is 16.5. The van der Waals surface area contributed by atoms with Crippen LogP contribution in [0.5, 0.6) is 0 Å². The highest BCUT2D eigenvalue weighted by Crippen LogP contribution is 2.66. The summed E-state index contributed by atoms with van der Waals surface area (Å²) in [6, 6.07) is 0. The standard InChI is InChI=1S/C16H31NO/c1-6-7-13(11-17-5)18-14-10-12-8-9-16(14,4)15(12,2)3/h12-14,17H,6-11H2,1-5H3. The molecule has 0 aromatic carbocycles. The molecule has 0 radical (unpaired) electrons. The summed E-state index contributed by atoms with van der Waals surface area (Å²) < 4.78 is 6.50. The second-order valence-electron chi connectivity index (χ2n) is 7.20. The molecule has 0 spiro atoms. The molecule has 2 fully saturated rings. The van der Waals surface area contributed by atoms with Crippen molar-refractivity contribution in [3.8, 4) is 0 Å². The topological polar surface area (TPSA) is 21.3 Å². The molecule has 2 rings (SSSR count). The number of hydrogen-bond acceptors (Lipinski definition) is 2. The zero-order valence-electron chi connectivity index (χ0n) is 12.9. The van der Waals surface area contributed by atoms with Gasteiger partial charge in [0.05, 0.1) is 12.2 Å². The van der Waals surface area contributed by atoms with E-state index in [2.05, 4.69) is 33.0 Å². The van der Waals surface area contributed by atoms with Gasteiger partial charge in [-0.25, -0.2) is 0 Å². The zero-order chi connectivity index (χ0) is 13.4. The molecular formula is C16H31NO. The van der Waals surface area contributed by atoms with Crippen LogP contribution >= 0.6 is 0 Å². The number of ether oxygens (including phenoxy) is 1. The minimum Gasteiger partial charge on any atom is -0.373 e. The summed E-state index contributed by atoms with van der Waals surface area (Å²) in [5.74, 6) is 0.879. The van der Waals surface area contributed by atoms with Crippen LogP contribution in [-0.4, -0.2) is 25.8 Å². The molecule has 1 N–H and O–H groups in total. The largest absolute Gasteiger partial charge is 0.373 e. The molecule has 2 nitrogen and oxygen atoms in total. The quantitative estimate of drug-likeness (QED) is 0.781. The molecule has 2 saturated carbocycles. The molecule has 2 aliphatic rings. The first-order chi connectivity index (χ1) is 8.45. The van der Waals surface area contributed by atoms with E-state index in [1.54, 1.807) is 0 Å². The van der Waals surface area contributed by atoms with E-state index in [4.69, 9.17) is 4.74 Å². The average Bonchev–Trinajstić information content (AvgIpc) is 2.63. The fourth-order valence-electron chi connectivity index (χ4n) is 4.34. The summed E-state index contributed by atoms with van der Waals surface area (Å²) in [6.45, 7) is 10.6. The van der Waals surface area contributed by atoms with Gasteiger partial charge in [-0.2, -0.15) is 0 Å². The van der Waals surface area contributed by atoms with Crippen LogP contribution in [0.25, 0.3) is 0 Å². The molecule has 0 aliphatic heterocycles. The summed E-state index contributed by atoms with van der Waals surface area (Å²) in [5.41, 5.74) is 0.867. The number of rotatable bonds is 6. The molecule has 2 aliphatic carbocycles. The summed E-state index contributed by atoms with van der Waals surface area (Å²) >= 11 is 0. The van der Waals surface area contributed by atoms with Crippen molar-refractivity contribution in [1.82, 2.24) is 5.32 Å². The van der Waals surface area contributed by atoms with Gasteiger partial charge in [-0.15, -0.1) is 0 Å². The molecule has 2 heteroatoms. The van der Waals surface area contributed by atoms with Gasteiger partial charge < -0.3 is 10.1 Å². The Hall–Kier alpha value is -0.0800. The maximum absolute atomic E-state index is 6.50. The summed E-state index contributed by atoms with van der Waals surface area (Å²) in [5, 5.41) is 3.28. The van der Waals surface area contributed by atoms with Gasteiger partial charge in [-0.05, 0) is 49.5 Å². The second kappa shape index (κ2) is 5.13. The normalized spacial score (nSPS) is 39.2.